The van der Waals surface area contributed by atoms with E-state index in [1.165, 1.54) is 0 Å². The van der Waals surface area contributed by atoms with E-state index in [0.29, 0.717) is 19.2 Å². The van der Waals surface area contributed by atoms with Crippen LogP contribution in [0.4, 0.5) is 13.2 Å². The molecule has 3 atom stereocenters. The zero-order chi connectivity index (χ0) is 23.5. The average molecular weight is 463 g/mol. The molecule has 1 aromatic heterocycles. The first-order chi connectivity index (χ1) is 15.1. The van der Waals surface area contributed by atoms with Crippen molar-refractivity contribution in [1.82, 2.24) is 15.1 Å². The number of hydrogen-bond donors (Lipinski definition) is 1. The number of carboxylic acids is 1. The van der Waals surface area contributed by atoms with E-state index in [1.807, 2.05) is 13.8 Å². The maximum atomic E-state index is 12.9. The highest BCUT2D eigenvalue weighted by Crippen LogP contribution is 2.34. The second-order valence-electron chi connectivity index (χ2n) is 8.21. The number of carbonyl (C=O) groups is 2. The number of nitrogens with zero attached hydrogens (tertiary/aromatic N) is 3. The van der Waals surface area contributed by atoms with E-state index in [1.54, 1.807) is 5.06 Å². The minimum absolute atomic E-state index is 0.0714. The van der Waals surface area contributed by atoms with E-state index in [0.717, 1.165) is 62.4 Å². The molecule has 1 N–H and O–H groups in total. The van der Waals surface area contributed by atoms with Crippen LogP contribution in [0.3, 0.4) is 0 Å². The number of likely N-dealkylation sites (tertiary alicyclic amines) is 1. The molecule has 3 aliphatic rings. The van der Waals surface area contributed by atoms with Gasteiger partial charge in [0, 0.05) is 37.8 Å². The van der Waals surface area contributed by atoms with E-state index < -0.39 is 12.1 Å². The first-order valence-corrected chi connectivity index (χ1v) is 10.6. The average Bonchev–Trinajstić information content (AvgIpc) is 3.35. The Morgan fingerprint density at radius 1 is 1.22 bits per heavy atom. The van der Waals surface area contributed by atoms with Crippen LogP contribution in [0, 0.1) is 19.8 Å². The van der Waals surface area contributed by atoms with Crippen molar-refractivity contribution in [1.29, 1.82) is 0 Å². The lowest BCUT2D eigenvalue weighted by Crippen LogP contribution is -2.53. The zero-order valence-corrected chi connectivity index (χ0v) is 18.1. The van der Waals surface area contributed by atoms with Crippen molar-refractivity contribution in [3.8, 4) is 0 Å². The molecule has 3 saturated heterocycles. The molecule has 4 rings (SSSR count). The molecule has 9 nitrogen and oxygen atoms in total. The normalized spacial score (nSPS) is 26.3. The van der Waals surface area contributed by atoms with Crippen molar-refractivity contribution < 1.29 is 42.0 Å². The largest absolute Gasteiger partial charge is 0.490 e. The van der Waals surface area contributed by atoms with Gasteiger partial charge in [0.05, 0.1) is 24.3 Å². The number of carbonyl (C=O) groups excluding carboxylic acids is 1. The SMILES string of the molecule is Cc1noc(C)c1CN1C[C@@H](C(=O)N2CCCCO2)C[C@H]2OCC[C@H]21.O=C(O)C(F)(F)F. The number of aliphatic carboxylic acids is 1. The Morgan fingerprint density at radius 3 is 2.50 bits per heavy atom. The summed E-state index contributed by atoms with van der Waals surface area (Å²) in [5.41, 5.74) is 2.06. The van der Waals surface area contributed by atoms with Crippen molar-refractivity contribution >= 4 is 11.9 Å². The van der Waals surface area contributed by atoms with Crippen molar-refractivity contribution in [3.05, 3.63) is 17.0 Å². The molecule has 32 heavy (non-hydrogen) atoms. The topological polar surface area (TPSA) is 105 Å². The van der Waals surface area contributed by atoms with Crippen LogP contribution in [-0.2, 0) is 25.7 Å². The molecule has 4 heterocycles. The number of aryl methyl sites for hydroxylation is 2. The van der Waals surface area contributed by atoms with Gasteiger partial charge in [-0.3, -0.25) is 14.5 Å². The van der Waals surface area contributed by atoms with Crippen LogP contribution in [0.2, 0.25) is 0 Å². The number of rotatable bonds is 3. The Kier molecular flexibility index (Phi) is 7.78. The van der Waals surface area contributed by atoms with Crippen LogP contribution in [0.15, 0.2) is 4.52 Å². The molecule has 1 amide bonds. The van der Waals surface area contributed by atoms with Gasteiger partial charge >= 0.3 is 12.1 Å². The van der Waals surface area contributed by atoms with Crippen molar-refractivity contribution in [3.63, 3.8) is 0 Å². The predicted octanol–water partition coefficient (Wildman–Crippen LogP) is 2.46. The summed E-state index contributed by atoms with van der Waals surface area (Å²) >= 11 is 0. The molecule has 0 unspecified atom stereocenters. The first kappa shape index (κ1) is 24.5. The third-order valence-corrected chi connectivity index (χ3v) is 6.00. The number of halogens is 3. The molecule has 0 bridgehead atoms. The number of fused-ring (bicyclic) bond motifs is 1. The number of piperidine rings is 1. The van der Waals surface area contributed by atoms with Crippen LogP contribution in [0.5, 0.6) is 0 Å². The van der Waals surface area contributed by atoms with Gasteiger partial charge in [-0.15, -0.1) is 0 Å². The Bertz CT molecular complexity index is 789. The highest BCUT2D eigenvalue weighted by atomic mass is 19.4. The summed E-state index contributed by atoms with van der Waals surface area (Å²) in [6.45, 7) is 7.55. The molecule has 0 spiro atoms. The van der Waals surface area contributed by atoms with E-state index >= 15 is 0 Å². The molecule has 3 fully saturated rings. The van der Waals surface area contributed by atoms with Gasteiger partial charge in [-0.1, -0.05) is 5.16 Å². The number of hydroxylamine groups is 2. The maximum absolute atomic E-state index is 12.9. The van der Waals surface area contributed by atoms with Gasteiger partial charge < -0.3 is 14.4 Å². The summed E-state index contributed by atoms with van der Waals surface area (Å²) in [7, 11) is 0. The monoisotopic (exact) mass is 463 g/mol. The fourth-order valence-electron chi connectivity index (χ4n) is 4.32. The standard InChI is InChI=1S/C18H27N3O4.C2HF3O2/c1-12-15(13(2)25-19-12)11-20-10-14(9-17-16(20)5-8-23-17)18(22)21-6-3-4-7-24-21;3-2(4,5)1(6)7/h14,16-17H,3-11H2,1-2H3;(H,6,7)/t14-,16+,17+;/m0./s1. The first-order valence-electron chi connectivity index (χ1n) is 10.6. The summed E-state index contributed by atoms with van der Waals surface area (Å²) in [6, 6.07) is 0.375. The van der Waals surface area contributed by atoms with Crippen LogP contribution < -0.4 is 0 Å². The molecule has 0 saturated carbocycles. The lowest BCUT2D eigenvalue weighted by Gasteiger charge is -2.41. The number of hydrogen-bond acceptors (Lipinski definition) is 7. The highest BCUT2D eigenvalue weighted by molar-refractivity contribution is 5.78. The summed E-state index contributed by atoms with van der Waals surface area (Å²) in [6.07, 6.45) is -1.09. The predicted molar refractivity (Wildman–Crippen MR) is 103 cm³/mol. The Labute approximate surface area is 183 Å². The third-order valence-electron chi connectivity index (χ3n) is 6.00. The molecule has 1 aromatic rings. The van der Waals surface area contributed by atoms with Gasteiger partial charge in [-0.25, -0.2) is 9.86 Å². The van der Waals surface area contributed by atoms with Crippen molar-refractivity contribution in [2.24, 2.45) is 5.92 Å². The summed E-state index contributed by atoms with van der Waals surface area (Å²) < 4.78 is 43.0. The number of carboxylic acid groups (broad SMARTS) is 1. The quantitative estimate of drug-likeness (QED) is 0.729. The summed E-state index contributed by atoms with van der Waals surface area (Å²) in [4.78, 5) is 29.8. The van der Waals surface area contributed by atoms with E-state index in [-0.39, 0.29) is 17.9 Å². The van der Waals surface area contributed by atoms with E-state index in [4.69, 9.17) is 24.0 Å². The molecular formula is C20H28F3N3O6. The lowest BCUT2D eigenvalue weighted by atomic mass is 9.88. The number of aromatic nitrogens is 1. The van der Waals surface area contributed by atoms with Crippen LogP contribution >= 0.6 is 0 Å². The maximum Gasteiger partial charge on any atom is 0.490 e. The number of alkyl halides is 3. The Balaban J connectivity index is 0.000000360. The molecule has 0 aliphatic carbocycles. The van der Waals surface area contributed by atoms with Crippen LogP contribution in [0.1, 0.15) is 42.7 Å². The smallest absolute Gasteiger partial charge is 0.475 e. The summed E-state index contributed by atoms with van der Waals surface area (Å²) in [5, 5.41) is 12.8. The zero-order valence-electron chi connectivity index (χ0n) is 18.1. The van der Waals surface area contributed by atoms with E-state index in [9.17, 15) is 18.0 Å². The molecule has 12 heteroatoms. The fraction of sp³-hybridized carbons (Fsp3) is 0.750. The Morgan fingerprint density at radius 2 is 1.94 bits per heavy atom. The van der Waals surface area contributed by atoms with Crippen molar-refractivity contribution in [2.75, 3.05) is 26.3 Å². The van der Waals surface area contributed by atoms with Crippen LogP contribution in [0.25, 0.3) is 0 Å². The molecule has 0 aromatic carbocycles. The lowest BCUT2D eigenvalue weighted by molar-refractivity contribution is -0.204. The second kappa shape index (κ2) is 10.2. The fourth-order valence-corrected chi connectivity index (χ4v) is 4.32. The van der Waals surface area contributed by atoms with Crippen LogP contribution in [-0.4, -0.2) is 76.7 Å². The van der Waals surface area contributed by atoms with Gasteiger partial charge in [0.25, 0.3) is 5.91 Å². The van der Waals surface area contributed by atoms with Gasteiger partial charge in [0.1, 0.15) is 5.76 Å². The molecule has 3 aliphatic heterocycles. The summed E-state index contributed by atoms with van der Waals surface area (Å²) in [5.74, 6) is -1.86. The molecule has 0 radical (unpaired) electrons. The van der Waals surface area contributed by atoms with Gasteiger partial charge in [-0.05, 0) is 39.5 Å². The molecule has 180 valence electrons. The van der Waals surface area contributed by atoms with Crippen molar-refractivity contribution in [2.45, 2.75) is 64.4 Å². The number of amides is 1. The molecular weight excluding hydrogens is 435 g/mol. The Hall–Kier alpha value is -2.18. The van der Waals surface area contributed by atoms with Gasteiger partial charge in [-0.2, -0.15) is 13.2 Å². The second-order valence-corrected chi connectivity index (χ2v) is 8.21. The highest BCUT2D eigenvalue weighted by Gasteiger charge is 2.44. The van der Waals surface area contributed by atoms with E-state index in [2.05, 4.69) is 10.1 Å². The van der Waals surface area contributed by atoms with Gasteiger partial charge in [0.15, 0.2) is 0 Å². The van der Waals surface area contributed by atoms with Gasteiger partial charge in [0.2, 0.25) is 0 Å². The minimum Gasteiger partial charge on any atom is -0.475 e. The number of ether oxygens (including phenoxy) is 1. The minimum atomic E-state index is -5.08. The third kappa shape index (κ3) is 5.78.